The van der Waals surface area contributed by atoms with E-state index in [1.54, 1.807) is 0 Å². The predicted octanol–water partition coefficient (Wildman–Crippen LogP) is 14.8. The fourth-order valence-electron chi connectivity index (χ4n) is 9.42. The molecule has 56 heavy (non-hydrogen) atoms. The van der Waals surface area contributed by atoms with E-state index < -0.39 is 0 Å². The molecule has 2 nitrogen and oxygen atoms in total. The lowest BCUT2D eigenvalue weighted by Crippen LogP contribution is -2.13. The van der Waals surface area contributed by atoms with Crippen LogP contribution in [0.2, 0.25) is 0 Å². The van der Waals surface area contributed by atoms with E-state index in [9.17, 15) is 0 Å². The lowest BCUT2D eigenvalue weighted by atomic mass is 9.78. The summed E-state index contributed by atoms with van der Waals surface area (Å²) in [7, 11) is 0. The molecular weight excluding hydrogens is 677 g/mol. The van der Waals surface area contributed by atoms with Gasteiger partial charge < -0.3 is 9.47 Å². The van der Waals surface area contributed by atoms with Gasteiger partial charge in [0.1, 0.15) is 0 Å². The first-order valence-electron chi connectivity index (χ1n) is 22.1. The van der Waals surface area contributed by atoms with E-state index in [-0.39, 0.29) is 35.8 Å². The highest BCUT2D eigenvalue weighted by molar-refractivity contribution is 6.13. The third-order valence-corrected chi connectivity index (χ3v) is 12.1. The number of para-hydroxylation sites is 3. The van der Waals surface area contributed by atoms with Gasteiger partial charge in [0.15, 0.2) is 0 Å². The summed E-state index contributed by atoms with van der Waals surface area (Å²) in [6.07, 6.45) is 3.98. The fraction of sp³-hybridized carbons (Fsp3) is 0.0741. The van der Waals surface area contributed by atoms with E-state index in [4.69, 9.17) is 6.85 Å². The van der Waals surface area contributed by atoms with Crippen molar-refractivity contribution in [3.63, 3.8) is 0 Å². The third-order valence-electron chi connectivity index (χ3n) is 12.1. The van der Waals surface area contributed by atoms with Gasteiger partial charge in [0.05, 0.1) is 23.6 Å². The maximum absolute atomic E-state index is 9.04. The molecule has 0 radical (unpaired) electrons. The summed E-state index contributed by atoms with van der Waals surface area (Å²) in [6, 6.07) is 52.9. The number of fused-ring (bicyclic) bond motifs is 10. The van der Waals surface area contributed by atoms with Crippen LogP contribution in [0.1, 0.15) is 30.8 Å². The molecule has 0 amide bonds. The van der Waals surface area contributed by atoms with Gasteiger partial charge in [0.2, 0.25) is 0 Å². The van der Waals surface area contributed by atoms with Crippen LogP contribution in [0.15, 0.2) is 182 Å². The Labute approximate surface area is 333 Å². The van der Waals surface area contributed by atoms with Crippen LogP contribution in [0.5, 0.6) is 0 Å². The van der Waals surface area contributed by atoms with Crippen molar-refractivity contribution in [2.24, 2.45) is 0 Å². The second kappa shape index (κ2) is 12.3. The molecule has 0 spiro atoms. The van der Waals surface area contributed by atoms with Gasteiger partial charge in [-0.3, -0.25) is 0 Å². The number of aryl methyl sites for hydroxylation is 2. The quantitative estimate of drug-likeness (QED) is 0.172. The van der Waals surface area contributed by atoms with Crippen LogP contribution in [0.4, 0.5) is 17.1 Å². The number of benzene rings is 9. The van der Waals surface area contributed by atoms with Crippen molar-refractivity contribution in [2.75, 3.05) is 4.90 Å². The van der Waals surface area contributed by atoms with Crippen molar-refractivity contribution in [3.05, 3.63) is 193 Å². The van der Waals surface area contributed by atoms with Crippen LogP contribution in [0, 0.1) is 0 Å². The zero-order valence-electron chi connectivity index (χ0n) is 35.7. The summed E-state index contributed by atoms with van der Waals surface area (Å²) in [5.74, 6) is 0. The number of hydrogen-bond donors (Lipinski definition) is 0. The normalized spacial score (nSPS) is 14.3. The van der Waals surface area contributed by atoms with E-state index in [1.807, 2.05) is 18.2 Å². The van der Waals surface area contributed by atoms with Crippen molar-refractivity contribution < 1.29 is 6.85 Å². The fourth-order valence-corrected chi connectivity index (χ4v) is 9.42. The number of nitrogens with zero attached hydrogens (tertiary/aromatic N) is 2. The van der Waals surface area contributed by atoms with Crippen molar-refractivity contribution in [1.29, 1.82) is 0 Å². The average molecular weight is 720 g/mol. The van der Waals surface area contributed by atoms with E-state index in [0.29, 0.717) is 5.56 Å². The van der Waals surface area contributed by atoms with E-state index in [2.05, 4.69) is 143 Å². The minimum atomic E-state index is -0.386. The maximum atomic E-state index is 9.04. The Morgan fingerprint density at radius 2 is 1.02 bits per heavy atom. The molecule has 2 heteroatoms. The smallest absolute Gasteiger partial charge is 0.0629 e. The summed E-state index contributed by atoms with van der Waals surface area (Å²) in [5.41, 5.74) is 14.5. The molecule has 0 bridgehead atoms. The second-order valence-corrected chi connectivity index (χ2v) is 15.2. The summed E-state index contributed by atoms with van der Waals surface area (Å²) in [6.45, 7) is 0. The number of aromatic nitrogens is 1. The van der Waals surface area contributed by atoms with Gasteiger partial charge in [-0.25, -0.2) is 0 Å². The molecule has 0 saturated heterocycles. The second-order valence-electron chi connectivity index (χ2n) is 15.2. The first kappa shape index (κ1) is 26.8. The highest BCUT2D eigenvalue weighted by Crippen LogP contribution is 2.51. The van der Waals surface area contributed by atoms with Crippen molar-refractivity contribution >= 4 is 60.4 Å². The van der Waals surface area contributed by atoms with Crippen LogP contribution < -0.4 is 4.90 Å². The van der Waals surface area contributed by atoms with Gasteiger partial charge in [0.25, 0.3) is 0 Å². The summed E-state index contributed by atoms with van der Waals surface area (Å²) < 4.78 is 45.9. The van der Waals surface area contributed by atoms with Gasteiger partial charge in [-0.05, 0) is 171 Å². The molecule has 0 fully saturated rings. The first-order chi connectivity index (χ1) is 29.8. The molecule has 0 unspecified atom stereocenters. The Kier molecular flexibility index (Phi) is 5.89. The van der Waals surface area contributed by atoms with Crippen LogP contribution in [0.25, 0.3) is 82.4 Å². The largest absolute Gasteiger partial charge is 0.310 e. The predicted molar refractivity (Wildman–Crippen MR) is 237 cm³/mol. The molecule has 1 heterocycles. The molecular formula is C54H38N2. The highest BCUT2D eigenvalue weighted by Gasteiger charge is 2.26. The van der Waals surface area contributed by atoms with Gasteiger partial charge in [-0.1, -0.05) is 96.9 Å². The standard InChI is InChI=1S/C54H38N2/c1-3-13-35(14-4-1)47-29-36-15-7-8-16-37(36)34-54(47)55(42-17-5-2-6-18-42)43-25-23-38-30-48-50(32-40(38)27-43)49-31-39-24-26-44(28-41(39)33-51(48)49)56-52-21-11-9-19-45(52)46-20-10-12-22-53(46)56/h1-6,9-14,17-34H,7-8,15-16H2/i1D,3D,4D,13D,14D. The molecule has 2 aliphatic rings. The zero-order valence-corrected chi connectivity index (χ0v) is 30.7. The Balaban J connectivity index is 0.990. The van der Waals surface area contributed by atoms with Crippen LogP contribution in [-0.2, 0) is 12.8 Å². The number of anilines is 3. The van der Waals surface area contributed by atoms with E-state index in [1.165, 1.54) is 66.0 Å². The lowest BCUT2D eigenvalue weighted by molar-refractivity contribution is 0.686. The summed E-state index contributed by atoms with van der Waals surface area (Å²) in [5, 5.41) is 7.15. The third kappa shape index (κ3) is 4.82. The van der Waals surface area contributed by atoms with Gasteiger partial charge in [-0.2, -0.15) is 0 Å². The lowest BCUT2D eigenvalue weighted by Gasteiger charge is -2.31. The van der Waals surface area contributed by atoms with Crippen molar-refractivity contribution in [1.82, 2.24) is 4.57 Å². The van der Waals surface area contributed by atoms with Crippen LogP contribution >= 0.6 is 0 Å². The number of hydrogen-bond acceptors (Lipinski definition) is 1. The van der Waals surface area contributed by atoms with E-state index in [0.717, 1.165) is 59.2 Å². The SMILES string of the molecule is [2H]c1c([2H])c([2H])c(-c2cc3c(cc2N(c2ccccc2)c2ccc4cc5c(cc4c2)-c2cc4ccc(-n6c7ccccc7c7ccccc76)cc4cc2-5)CCCC3)c([2H])c1[2H]. The zero-order chi connectivity index (χ0) is 41.1. The maximum Gasteiger partial charge on any atom is 0.0629 e. The van der Waals surface area contributed by atoms with Crippen LogP contribution in [0.3, 0.4) is 0 Å². The van der Waals surface area contributed by atoms with Crippen molar-refractivity contribution in [2.45, 2.75) is 25.7 Å². The number of rotatable bonds is 5. The highest BCUT2D eigenvalue weighted by atomic mass is 15.1. The minimum absolute atomic E-state index is 0.192. The van der Waals surface area contributed by atoms with Gasteiger partial charge >= 0.3 is 0 Å². The molecule has 12 rings (SSSR count). The molecule has 9 aromatic carbocycles. The van der Waals surface area contributed by atoms with Crippen molar-refractivity contribution in [3.8, 4) is 39.1 Å². The molecule has 0 N–H and O–H groups in total. The monoisotopic (exact) mass is 719 g/mol. The Bertz CT molecular complexity index is 3410. The van der Waals surface area contributed by atoms with Crippen LogP contribution in [-0.4, -0.2) is 4.57 Å². The first-order valence-corrected chi connectivity index (χ1v) is 19.6. The molecule has 0 aliphatic heterocycles. The molecule has 10 aromatic rings. The van der Waals surface area contributed by atoms with Gasteiger partial charge in [0, 0.05) is 33.4 Å². The topological polar surface area (TPSA) is 8.17 Å². The Hall–Kier alpha value is -6.90. The molecule has 2 aliphatic carbocycles. The van der Waals surface area contributed by atoms with Gasteiger partial charge in [-0.15, -0.1) is 0 Å². The molecule has 0 saturated carbocycles. The van der Waals surface area contributed by atoms with E-state index >= 15 is 0 Å². The molecule has 0 atom stereocenters. The minimum Gasteiger partial charge on any atom is -0.310 e. The summed E-state index contributed by atoms with van der Waals surface area (Å²) >= 11 is 0. The average Bonchev–Trinajstić information content (AvgIpc) is 3.64. The Morgan fingerprint density at radius 1 is 0.446 bits per heavy atom. The summed E-state index contributed by atoms with van der Waals surface area (Å²) in [4.78, 5) is 2.19. The Morgan fingerprint density at radius 3 is 1.70 bits per heavy atom. The molecule has 264 valence electrons. The molecule has 1 aromatic heterocycles.